The Morgan fingerprint density at radius 1 is 1.27 bits per heavy atom. The molecule has 1 aromatic rings. The van der Waals surface area contributed by atoms with Crippen LogP contribution >= 0.6 is 0 Å². The quantitative estimate of drug-likeness (QED) is 0.799. The van der Waals surface area contributed by atoms with Crippen LogP contribution in [0.4, 0.5) is 4.79 Å². The summed E-state index contributed by atoms with van der Waals surface area (Å²) in [5.74, 6) is 0.123. The lowest BCUT2D eigenvalue weighted by Crippen LogP contribution is -2.41. The first kappa shape index (κ1) is 17.7. The molecule has 5 nitrogen and oxygen atoms in total. The van der Waals surface area contributed by atoms with Gasteiger partial charge in [-0.2, -0.15) is 5.26 Å². The highest BCUT2D eigenvalue weighted by Gasteiger charge is 2.22. The summed E-state index contributed by atoms with van der Waals surface area (Å²) in [5.41, 5.74) is 0.883. The van der Waals surface area contributed by atoms with Gasteiger partial charge in [0.05, 0.1) is 12.1 Å². The van der Waals surface area contributed by atoms with Gasteiger partial charge in [-0.25, -0.2) is 4.79 Å². The first-order chi connectivity index (χ1) is 10.5. The van der Waals surface area contributed by atoms with E-state index in [-0.39, 0.29) is 31.1 Å². The van der Waals surface area contributed by atoms with Crippen molar-refractivity contribution >= 4 is 11.9 Å². The highest BCUT2D eigenvalue weighted by molar-refractivity contribution is 5.87. The van der Waals surface area contributed by atoms with Gasteiger partial charge in [-0.3, -0.25) is 4.79 Å². The summed E-state index contributed by atoms with van der Waals surface area (Å²) >= 11 is 0. The third-order valence-electron chi connectivity index (χ3n) is 3.08. The maximum Gasteiger partial charge on any atom is 0.408 e. The van der Waals surface area contributed by atoms with E-state index in [9.17, 15) is 9.59 Å². The van der Waals surface area contributed by atoms with Gasteiger partial charge in [-0.05, 0) is 17.9 Å². The van der Waals surface area contributed by atoms with Gasteiger partial charge in [0.1, 0.15) is 6.61 Å². The van der Waals surface area contributed by atoms with Gasteiger partial charge >= 0.3 is 6.09 Å². The lowest BCUT2D eigenvalue weighted by Gasteiger charge is -2.19. The number of amides is 1. The van der Waals surface area contributed by atoms with Crippen molar-refractivity contribution in [1.29, 1.82) is 5.26 Å². The highest BCUT2D eigenvalue weighted by atomic mass is 16.5. The van der Waals surface area contributed by atoms with Crippen molar-refractivity contribution in [2.24, 2.45) is 5.92 Å². The second-order valence-corrected chi connectivity index (χ2v) is 5.51. The lowest BCUT2D eigenvalue weighted by molar-refractivity contribution is -0.121. The van der Waals surface area contributed by atoms with Crippen molar-refractivity contribution in [1.82, 2.24) is 5.32 Å². The van der Waals surface area contributed by atoms with E-state index >= 15 is 0 Å². The summed E-state index contributed by atoms with van der Waals surface area (Å²) in [5, 5.41) is 11.2. The monoisotopic (exact) mass is 302 g/mol. The normalized spacial score (nSPS) is 11.5. The van der Waals surface area contributed by atoms with Crippen LogP contribution in [-0.4, -0.2) is 17.9 Å². The molecule has 0 bridgehead atoms. The van der Waals surface area contributed by atoms with E-state index in [1.165, 1.54) is 0 Å². The molecule has 118 valence electrons. The third-order valence-corrected chi connectivity index (χ3v) is 3.08. The van der Waals surface area contributed by atoms with Gasteiger partial charge in [-0.1, -0.05) is 44.2 Å². The van der Waals surface area contributed by atoms with Crippen LogP contribution in [0.2, 0.25) is 0 Å². The fourth-order valence-electron chi connectivity index (χ4n) is 2.00. The predicted molar refractivity (Wildman–Crippen MR) is 82.9 cm³/mol. The van der Waals surface area contributed by atoms with Crippen LogP contribution < -0.4 is 5.32 Å². The molecule has 0 aromatic heterocycles. The number of carbonyl (C=O) groups is 2. The van der Waals surface area contributed by atoms with E-state index in [4.69, 9.17) is 10.00 Å². The topological polar surface area (TPSA) is 79.2 Å². The zero-order valence-corrected chi connectivity index (χ0v) is 13.0. The Hall–Kier alpha value is -2.35. The molecule has 0 saturated carbocycles. The van der Waals surface area contributed by atoms with Gasteiger partial charge < -0.3 is 10.1 Å². The molecular formula is C17H22N2O3. The molecule has 1 N–H and O–H groups in total. The summed E-state index contributed by atoms with van der Waals surface area (Å²) in [4.78, 5) is 23.9. The van der Waals surface area contributed by atoms with Gasteiger partial charge in [0.15, 0.2) is 5.78 Å². The van der Waals surface area contributed by atoms with Crippen molar-refractivity contribution in [3.05, 3.63) is 35.9 Å². The van der Waals surface area contributed by atoms with Crippen LogP contribution in [0.15, 0.2) is 30.3 Å². The van der Waals surface area contributed by atoms with E-state index in [1.54, 1.807) is 0 Å². The zero-order valence-electron chi connectivity index (χ0n) is 13.0. The Kier molecular flexibility index (Phi) is 7.69. The van der Waals surface area contributed by atoms with Gasteiger partial charge in [0.25, 0.3) is 0 Å². The van der Waals surface area contributed by atoms with Crippen molar-refractivity contribution in [2.75, 3.05) is 0 Å². The number of nitrogens with one attached hydrogen (secondary N) is 1. The number of ketones is 1. The Morgan fingerprint density at radius 2 is 1.95 bits per heavy atom. The summed E-state index contributed by atoms with van der Waals surface area (Å²) in [6, 6.07) is 10.7. The first-order valence-corrected chi connectivity index (χ1v) is 7.39. The van der Waals surface area contributed by atoms with Crippen LogP contribution in [0.25, 0.3) is 0 Å². The van der Waals surface area contributed by atoms with Crippen molar-refractivity contribution in [3.63, 3.8) is 0 Å². The van der Waals surface area contributed by atoms with Crippen LogP contribution in [0, 0.1) is 17.2 Å². The van der Waals surface area contributed by atoms with Crippen LogP contribution in [0.1, 0.15) is 38.7 Å². The molecule has 0 radical (unpaired) electrons. The van der Waals surface area contributed by atoms with Crippen molar-refractivity contribution < 1.29 is 14.3 Å². The molecule has 1 rings (SSSR count). The molecular weight excluding hydrogens is 280 g/mol. The number of rotatable bonds is 8. The van der Waals surface area contributed by atoms with E-state index in [2.05, 4.69) is 5.32 Å². The summed E-state index contributed by atoms with van der Waals surface area (Å²) in [6.45, 7) is 4.11. The Balaban J connectivity index is 2.51. The molecule has 1 amide bonds. The molecule has 22 heavy (non-hydrogen) atoms. The van der Waals surface area contributed by atoms with Gasteiger partial charge in [0, 0.05) is 12.8 Å². The molecule has 0 spiro atoms. The van der Waals surface area contributed by atoms with E-state index in [0.29, 0.717) is 6.42 Å². The maximum absolute atomic E-state index is 12.0. The highest BCUT2D eigenvalue weighted by Crippen LogP contribution is 2.09. The molecule has 0 aliphatic carbocycles. The molecule has 0 unspecified atom stereocenters. The zero-order chi connectivity index (χ0) is 16.4. The number of alkyl carbamates (subject to hydrolysis) is 1. The van der Waals surface area contributed by atoms with Crippen molar-refractivity contribution in [2.45, 2.75) is 45.8 Å². The molecule has 0 heterocycles. The minimum absolute atomic E-state index is 0.132. The molecule has 1 aromatic carbocycles. The molecule has 5 heteroatoms. The third kappa shape index (κ3) is 6.89. The lowest BCUT2D eigenvalue weighted by atomic mass is 9.98. The number of carbonyl (C=O) groups excluding carboxylic acids is 2. The minimum atomic E-state index is -0.611. The smallest absolute Gasteiger partial charge is 0.408 e. The average molecular weight is 302 g/mol. The van der Waals surface area contributed by atoms with E-state index in [0.717, 1.165) is 5.56 Å². The first-order valence-electron chi connectivity index (χ1n) is 7.39. The summed E-state index contributed by atoms with van der Waals surface area (Å²) in [7, 11) is 0. The fourth-order valence-corrected chi connectivity index (χ4v) is 2.00. The number of hydrogen-bond acceptors (Lipinski definition) is 4. The predicted octanol–water partition coefficient (Wildman–Crippen LogP) is 3.20. The SMILES string of the molecule is CC(C)C[C@H](NC(=O)OCc1ccccc1)C(=O)CCC#N. The standard InChI is InChI=1S/C17H22N2O3/c1-13(2)11-15(16(20)9-6-10-18)19-17(21)22-12-14-7-4-3-5-8-14/h3-5,7-8,13,15H,6,9,11-12H2,1-2H3,(H,19,21)/t15-/m0/s1. The minimum Gasteiger partial charge on any atom is -0.445 e. The molecule has 0 aliphatic rings. The number of ether oxygens (including phenoxy) is 1. The average Bonchev–Trinajstić information content (AvgIpc) is 2.50. The second-order valence-electron chi connectivity index (χ2n) is 5.51. The van der Waals surface area contributed by atoms with Crippen LogP contribution in [-0.2, 0) is 16.1 Å². The number of Topliss-reactive ketones (excluding diaryl/α,β-unsaturated/α-hetero) is 1. The van der Waals surface area contributed by atoms with Crippen LogP contribution in [0.3, 0.4) is 0 Å². The molecule has 0 aliphatic heterocycles. The van der Waals surface area contributed by atoms with Gasteiger partial charge in [-0.15, -0.1) is 0 Å². The Bertz CT molecular complexity index is 520. The molecule has 1 atom stereocenters. The van der Waals surface area contributed by atoms with E-state index < -0.39 is 12.1 Å². The summed E-state index contributed by atoms with van der Waals surface area (Å²) < 4.78 is 5.13. The van der Waals surface area contributed by atoms with E-state index in [1.807, 2.05) is 50.2 Å². The second kappa shape index (κ2) is 9.56. The maximum atomic E-state index is 12.0. The Morgan fingerprint density at radius 3 is 2.55 bits per heavy atom. The molecule has 0 saturated heterocycles. The van der Waals surface area contributed by atoms with Gasteiger partial charge in [0.2, 0.25) is 0 Å². The van der Waals surface area contributed by atoms with Crippen molar-refractivity contribution in [3.8, 4) is 6.07 Å². The van der Waals surface area contributed by atoms with Crippen LogP contribution in [0.5, 0.6) is 0 Å². The molecule has 0 fully saturated rings. The largest absolute Gasteiger partial charge is 0.445 e. The summed E-state index contributed by atoms with van der Waals surface area (Å²) in [6.07, 6.45) is 0.228. The number of benzene rings is 1. The number of hydrogen-bond donors (Lipinski definition) is 1. The Labute approximate surface area is 131 Å². The number of nitrogens with zero attached hydrogens (tertiary/aromatic N) is 1. The fraction of sp³-hybridized carbons (Fsp3) is 0.471. The number of nitriles is 1.